The van der Waals surface area contributed by atoms with Gasteiger partial charge in [0.2, 0.25) is 5.91 Å². The number of ether oxygens (including phenoxy) is 3. The van der Waals surface area contributed by atoms with Crippen LogP contribution in [-0.2, 0) is 23.8 Å². The van der Waals surface area contributed by atoms with Gasteiger partial charge in [0.1, 0.15) is 12.8 Å². The Labute approximate surface area is 126 Å². The molecule has 0 aliphatic heterocycles. The molecule has 6 nitrogen and oxygen atoms in total. The van der Waals surface area contributed by atoms with E-state index in [2.05, 4.69) is 5.32 Å². The van der Waals surface area contributed by atoms with E-state index in [1.807, 2.05) is 13.8 Å². The molecule has 0 spiro atoms. The normalized spacial score (nSPS) is 11.3. The van der Waals surface area contributed by atoms with E-state index in [1.54, 1.807) is 0 Å². The number of carbonyl (C=O) groups excluding carboxylic acids is 2. The second-order valence-corrected chi connectivity index (χ2v) is 3.98. The summed E-state index contributed by atoms with van der Waals surface area (Å²) in [6.07, 6.45) is -1.22. The molecule has 21 heavy (non-hydrogen) atoms. The van der Waals surface area contributed by atoms with E-state index in [0.717, 1.165) is 0 Å². The molecule has 0 fully saturated rings. The van der Waals surface area contributed by atoms with Crippen molar-refractivity contribution in [3.05, 3.63) is 0 Å². The first-order valence-corrected chi connectivity index (χ1v) is 7.13. The van der Waals surface area contributed by atoms with Gasteiger partial charge in [-0.15, -0.1) is 0 Å². The molecule has 1 N–H and O–H groups in total. The third-order valence-electron chi connectivity index (χ3n) is 1.92. The van der Waals surface area contributed by atoms with Crippen molar-refractivity contribution in [2.45, 2.75) is 33.9 Å². The summed E-state index contributed by atoms with van der Waals surface area (Å²) in [5, 5.41) is 2.36. The predicted molar refractivity (Wildman–Crippen MR) is 78.1 cm³/mol. The maximum absolute atomic E-state index is 13.1. The fourth-order valence-electron chi connectivity index (χ4n) is 1.08. The zero-order valence-corrected chi connectivity index (χ0v) is 13.4. The molecule has 1 amide bonds. The number of ketones is 1. The van der Waals surface area contributed by atoms with E-state index in [9.17, 15) is 14.0 Å². The molecule has 0 saturated heterocycles. The Hall–Kier alpha value is -1.05. The number of hydrogen-bond acceptors (Lipinski definition) is 5. The van der Waals surface area contributed by atoms with Crippen LogP contribution in [0.5, 0.6) is 0 Å². The summed E-state index contributed by atoms with van der Waals surface area (Å²) in [5.74, 6) is -0.298. The highest BCUT2D eigenvalue weighted by Crippen LogP contribution is 1.91. The summed E-state index contributed by atoms with van der Waals surface area (Å²) in [4.78, 5) is 21.0. The van der Waals surface area contributed by atoms with E-state index in [1.165, 1.54) is 13.8 Å². The molecule has 1 unspecified atom stereocenters. The van der Waals surface area contributed by atoms with Gasteiger partial charge in [-0.05, 0) is 6.92 Å². The highest BCUT2D eigenvalue weighted by molar-refractivity contribution is 5.76. The number of halogens is 1. The summed E-state index contributed by atoms with van der Waals surface area (Å²) in [6.45, 7) is 8.05. The highest BCUT2D eigenvalue weighted by Gasteiger charge is 2.06. The Kier molecular flexibility index (Phi) is 18.0. The molecule has 0 heterocycles. The molecule has 0 radical (unpaired) electrons. The van der Waals surface area contributed by atoms with Crippen molar-refractivity contribution in [1.29, 1.82) is 0 Å². The van der Waals surface area contributed by atoms with Gasteiger partial charge in [-0.1, -0.05) is 13.8 Å². The average molecular weight is 309 g/mol. The lowest BCUT2D eigenvalue weighted by Gasteiger charge is -2.10. The molecule has 0 bridgehead atoms. The highest BCUT2D eigenvalue weighted by atomic mass is 19.1. The fourth-order valence-corrected chi connectivity index (χ4v) is 1.08. The Morgan fingerprint density at radius 1 is 1.00 bits per heavy atom. The van der Waals surface area contributed by atoms with Crippen molar-refractivity contribution in [3.8, 4) is 0 Å². The molecular formula is C14H28FNO5. The average Bonchev–Trinajstić information content (AvgIpc) is 2.45. The lowest BCUT2D eigenvalue weighted by molar-refractivity contribution is -0.122. The van der Waals surface area contributed by atoms with Crippen LogP contribution in [0.4, 0.5) is 4.39 Å². The van der Waals surface area contributed by atoms with E-state index < -0.39 is 6.17 Å². The summed E-state index contributed by atoms with van der Waals surface area (Å²) in [6, 6.07) is 0. The molecule has 1 atom stereocenters. The molecule has 7 heteroatoms. The Morgan fingerprint density at radius 3 is 2.05 bits per heavy atom. The lowest BCUT2D eigenvalue weighted by atomic mass is 10.4. The number of carbonyl (C=O) groups is 2. The Balaban J connectivity index is 0. The van der Waals surface area contributed by atoms with E-state index in [0.29, 0.717) is 19.8 Å². The van der Waals surface area contributed by atoms with Crippen LogP contribution in [0.25, 0.3) is 0 Å². The summed E-state index contributed by atoms with van der Waals surface area (Å²) < 4.78 is 28.2. The number of hydrogen-bond donors (Lipinski definition) is 1. The monoisotopic (exact) mass is 309 g/mol. The van der Waals surface area contributed by atoms with E-state index in [4.69, 9.17) is 14.2 Å². The lowest BCUT2D eigenvalue weighted by Crippen LogP contribution is -2.30. The van der Waals surface area contributed by atoms with Crippen LogP contribution in [0.3, 0.4) is 0 Å². The van der Waals surface area contributed by atoms with E-state index in [-0.39, 0.29) is 38.1 Å². The summed E-state index contributed by atoms with van der Waals surface area (Å²) in [7, 11) is 0. The van der Waals surface area contributed by atoms with Crippen molar-refractivity contribution in [2.75, 3.05) is 46.2 Å². The van der Waals surface area contributed by atoms with Crippen LogP contribution >= 0.6 is 0 Å². The molecule has 0 aliphatic carbocycles. The van der Waals surface area contributed by atoms with Crippen molar-refractivity contribution < 1.29 is 28.2 Å². The van der Waals surface area contributed by atoms with Gasteiger partial charge in [0.25, 0.3) is 0 Å². The first-order valence-electron chi connectivity index (χ1n) is 7.13. The number of amides is 1. The number of nitrogens with one attached hydrogen (secondary N) is 1. The molecule has 126 valence electrons. The molecular weight excluding hydrogens is 281 g/mol. The van der Waals surface area contributed by atoms with Gasteiger partial charge in [0.05, 0.1) is 39.6 Å². The van der Waals surface area contributed by atoms with Gasteiger partial charge in [0.15, 0.2) is 5.78 Å². The molecule has 0 rings (SSSR count). The maximum atomic E-state index is 13.1. The van der Waals surface area contributed by atoms with Crippen molar-refractivity contribution in [2.24, 2.45) is 0 Å². The van der Waals surface area contributed by atoms with Crippen LogP contribution in [0.15, 0.2) is 0 Å². The minimum atomic E-state index is -1.22. The standard InChI is InChI=1S/C12H22FNO5.C2H6/c1-10(15)8-18-5-3-17-4-6-19-9-12(13)7-14-11(2)16;1-2/h12H,3-9H2,1-2H3,(H,14,16);1-2H3. The van der Waals surface area contributed by atoms with Gasteiger partial charge in [0, 0.05) is 6.92 Å². The molecule has 0 saturated carbocycles. The van der Waals surface area contributed by atoms with Gasteiger partial charge in [-0.3, -0.25) is 9.59 Å². The first-order chi connectivity index (χ1) is 10.0. The molecule has 0 aromatic rings. The van der Waals surface area contributed by atoms with Crippen molar-refractivity contribution in [3.63, 3.8) is 0 Å². The third-order valence-corrected chi connectivity index (χ3v) is 1.92. The number of alkyl halides is 1. The zero-order valence-electron chi connectivity index (χ0n) is 13.4. The second kappa shape index (κ2) is 17.0. The molecule has 0 aliphatic rings. The minimum Gasteiger partial charge on any atom is -0.377 e. The van der Waals surface area contributed by atoms with Crippen molar-refractivity contribution >= 4 is 11.7 Å². The van der Waals surface area contributed by atoms with Gasteiger partial charge in [-0.25, -0.2) is 4.39 Å². The Bertz CT molecular complexity index is 264. The van der Waals surface area contributed by atoms with Gasteiger partial charge < -0.3 is 19.5 Å². The predicted octanol–water partition coefficient (Wildman–Crippen LogP) is 1.13. The zero-order chi connectivity index (χ0) is 16.5. The Morgan fingerprint density at radius 2 is 1.52 bits per heavy atom. The van der Waals surface area contributed by atoms with E-state index >= 15 is 0 Å². The SMILES string of the molecule is CC.CC(=O)COCCOCCOCC(F)CNC(C)=O. The maximum Gasteiger partial charge on any atom is 0.216 e. The van der Waals surface area contributed by atoms with Gasteiger partial charge in [-0.2, -0.15) is 0 Å². The van der Waals surface area contributed by atoms with Crippen LogP contribution < -0.4 is 5.32 Å². The van der Waals surface area contributed by atoms with Crippen LogP contribution in [0, 0.1) is 0 Å². The number of rotatable bonds is 12. The largest absolute Gasteiger partial charge is 0.377 e. The molecule has 0 aromatic carbocycles. The number of Topliss-reactive ketones (excluding diaryl/α,β-unsaturated/α-hetero) is 1. The van der Waals surface area contributed by atoms with Crippen LogP contribution in [0.2, 0.25) is 0 Å². The molecule has 0 aromatic heterocycles. The van der Waals surface area contributed by atoms with Crippen LogP contribution in [0.1, 0.15) is 27.7 Å². The summed E-state index contributed by atoms with van der Waals surface area (Å²) in [5.41, 5.74) is 0. The smallest absolute Gasteiger partial charge is 0.216 e. The van der Waals surface area contributed by atoms with Crippen molar-refractivity contribution in [1.82, 2.24) is 5.32 Å². The quantitative estimate of drug-likeness (QED) is 0.547. The summed E-state index contributed by atoms with van der Waals surface area (Å²) >= 11 is 0. The van der Waals surface area contributed by atoms with Gasteiger partial charge >= 0.3 is 0 Å². The topological polar surface area (TPSA) is 73.9 Å². The second-order valence-electron chi connectivity index (χ2n) is 3.98. The minimum absolute atomic E-state index is 0.0310. The van der Waals surface area contributed by atoms with Crippen LogP contribution in [-0.4, -0.2) is 64.0 Å². The first kappa shape index (κ1) is 22.2. The fraction of sp³-hybridized carbons (Fsp3) is 0.857. The third kappa shape index (κ3) is 21.4.